The van der Waals surface area contributed by atoms with Crippen molar-refractivity contribution in [3.8, 4) is 0 Å². The van der Waals surface area contributed by atoms with Crippen LogP contribution in [0.15, 0.2) is 18.2 Å². The topological polar surface area (TPSA) is 63.4 Å². The van der Waals surface area contributed by atoms with E-state index in [1.165, 1.54) is 6.07 Å². The molecular weight excluding hydrogens is 189 g/mol. The maximum atomic E-state index is 12.9. The minimum atomic E-state index is -0.857. The third-order valence-corrected chi connectivity index (χ3v) is 1.74. The third-order valence-electron chi connectivity index (χ3n) is 1.74. The quantitative estimate of drug-likeness (QED) is 0.594. The Labute approximate surface area is 80.1 Å². The lowest BCUT2D eigenvalue weighted by Crippen LogP contribution is -2.05. The lowest BCUT2D eigenvalue weighted by molar-refractivity contribution is -0.387. The van der Waals surface area contributed by atoms with Gasteiger partial charge >= 0.3 is 5.69 Å². The van der Waals surface area contributed by atoms with Gasteiger partial charge in [-0.3, -0.25) is 10.1 Å². The van der Waals surface area contributed by atoms with Crippen molar-refractivity contribution in [2.24, 2.45) is 0 Å². The Bertz CT molecular complexity index is 352. The Morgan fingerprint density at radius 3 is 2.79 bits per heavy atom. The molecule has 0 saturated carbocycles. The highest BCUT2D eigenvalue weighted by Crippen LogP contribution is 2.19. The van der Waals surface area contributed by atoms with Crippen LogP contribution in [0, 0.1) is 15.9 Å². The molecule has 0 heterocycles. The van der Waals surface area contributed by atoms with Crippen molar-refractivity contribution >= 4 is 5.69 Å². The molecule has 4 nitrogen and oxygen atoms in total. The van der Waals surface area contributed by atoms with Crippen LogP contribution in [0.5, 0.6) is 0 Å². The van der Waals surface area contributed by atoms with Crippen LogP contribution >= 0.6 is 0 Å². The average Bonchev–Trinajstić information content (AvgIpc) is 2.07. The lowest BCUT2D eigenvalue weighted by atomic mass is 10.1. The molecule has 0 aromatic heterocycles. The van der Waals surface area contributed by atoms with Gasteiger partial charge in [0.05, 0.1) is 11.0 Å². The summed E-state index contributed by atoms with van der Waals surface area (Å²) in [7, 11) is 0. The molecule has 0 fully saturated rings. The number of aliphatic hydroxyl groups excluding tert-OH is 1. The Morgan fingerprint density at radius 1 is 1.64 bits per heavy atom. The molecule has 1 N–H and O–H groups in total. The first-order valence-electron chi connectivity index (χ1n) is 4.11. The van der Waals surface area contributed by atoms with E-state index in [9.17, 15) is 14.5 Å². The Hall–Kier alpha value is -1.49. The number of hydrogen-bond acceptors (Lipinski definition) is 3. The van der Waals surface area contributed by atoms with Gasteiger partial charge in [-0.1, -0.05) is 6.07 Å². The van der Waals surface area contributed by atoms with Crippen LogP contribution < -0.4 is 0 Å². The number of aliphatic hydroxyl groups is 1. The predicted molar refractivity (Wildman–Crippen MR) is 48.4 cm³/mol. The summed E-state index contributed by atoms with van der Waals surface area (Å²) < 4.78 is 12.9. The van der Waals surface area contributed by atoms with Crippen LogP contribution in [0.25, 0.3) is 0 Å². The van der Waals surface area contributed by atoms with Crippen LogP contribution in [0.4, 0.5) is 10.1 Å². The number of nitro groups is 1. The van der Waals surface area contributed by atoms with Gasteiger partial charge in [0.25, 0.3) is 0 Å². The van der Waals surface area contributed by atoms with Crippen LogP contribution in [0.3, 0.4) is 0 Å². The molecule has 1 aromatic rings. The van der Waals surface area contributed by atoms with Crippen molar-refractivity contribution < 1.29 is 14.4 Å². The Balaban J connectivity index is 3.00. The minimum absolute atomic E-state index is 0.279. The van der Waals surface area contributed by atoms with Crippen LogP contribution in [0.2, 0.25) is 0 Å². The lowest BCUT2D eigenvalue weighted by Gasteiger charge is -2.03. The van der Waals surface area contributed by atoms with Gasteiger partial charge in [0.15, 0.2) is 0 Å². The highest BCUT2D eigenvalue weighted by Gasteiger charge is 2.14. The van der Waals surface area contributed by atoms with E-state index in [1.54, 1.807) is 6.92 Å². The van der Waals surface area contributed by atoms with E-state index in [-0.39, 0.29) is 6.42 Å². The maximum Gasteiger partial charge on any atom is 0.305 e. The summed E-state index contributed by atoms with van der Waals surface area (Å²) in [4.78, 5) is 9.59. The summed E-state index contributed by atoms with van der Waals surface area (Å²) in [5.74, 6) is -0.857. The van der Waals surface area contributed by atoms with Crippen molar-refractivity contribution in [1.82, 2.24) is 0 Å². The monoisotopic (exact) mass is 199 g/mol. The average molecular weight is 199 g/mol. The summed E-state index contributed by atoms with van der Waals surface area (Å²) in [6.45, 7) is 1.56. The van der Waals surface area contributed by atoms with Crippen molar-refractivity contribution in [2.75, 3.05) is 0 Å². The molecule has 5 heteroatoms. The summed E-state index contributed by atoms with van der Waals surface area (Å²) in [6.07, 6.45) is -0.318. The molecule has 0 amide bonds. The SMILES string of the molecule is C[C@H](O)Cc1ccc(F)c([N+](=O)[O-])c1. The van der Waals surface area contributed by atoms with Crippen molar-refractivity contribution in [3.05, 3.63) is 39.7 Å². The second-order valence-electron chi connectivity index (χ2n) is 3.10. The highest BCUT2D eigenvalue weighted by molar-refractivity contribution is 5.36. The van der Waals surface area contributed by atoms with E-state index in [1.807, 2.05) is 0 Å². The van der Waals surface area contributed by atoms with E-state index in [2.05, 4.69) is 0 Å². The number of benzene rings is 1. The zero-order valence-corrected chi connectivity index (χ0v) is 7.61. The first-order chi connectivity index (χ1) is 6.50. The number of rotatable bonds is 3. The van der Waals surface area contributed by atoms with E-state index >= 15 is 0 Å². The number of halogens is 1. The van der Waals surface area contributed by atoms with Crippen LogP contribution in [-0.4, -0.2) is 16.1 Å². The van der Waals surface area contributed by atoms with Gasteiger partial charge in [0.2, 0.25) is 5.82 Å². The predicted octanol–water partition coefficient (Wildman–Crippen LogP) is 1.66. The molecular formula is C9H10FNO3. The van der Waals surface area contributed by atoms with E-state index in [0.29, 0.717) is 5.56 Å². The first kappa shape index (κ1) is 10.6. The minimum Gasteiger partial charge on any atom is -0.393 e. The van der Waals surface area contributed by atoms with Gasteiger partial charge in [-0.05, 0) is 25.0 Å². The highest BCUT2D eigenvalue weighted by atomic mass is 19.1. The molecule has 0 radical (unpaired) electrons. The molecule has 1 rings (SSSR count). The fourth-order valence-electron chi connectivity index (χ4n) is 1.17. The molecule has 14 heavy (non-hydrogen) atoms. The number of nitro benzene ring substituents is 1. The van der Waals surface area contributed by atoms with E-state index in [0.717, 1.165) is 12.1 Å². The summed E-state index contributed by atoms with van der Waals surface area (Å²) in [6, 6.07) is 3.60. The largest absolute Gasteiger partial charge is 0.393 e. The molecule has 0 saturated heterocycles. The van der Waals surface area contributed by atoms with Gasteiger partial charge in [0.1, 0.15) is 0 Å². The van der Waals surface area contributed by atoms with Crippen LogP contribution in [-0.2, 0) is 6.42 Å². The van der Waals surface area contributed by atoms with Crippen molar-refractivity contribution in [1.29, 1.82) is 0 Å². The molecule has 0 bridgehead atoms. The summed E-state index contributed by atoms with van der Waals surface area (Å²) in [5, 5.41) is 19.4. The third kappa shape index (κ3) is 2.50. The van der Waals surface area contributed by atoms with Gasteiger partial charge < -0.3 is 5.11 Å². The second-order valence-corrected chi connectivity index (χ2v) is 3.10. The zero-order valence-electron chi connectivity index (χ0n) is 7.61. The van der Waals surface area contributed by atoms with E-state index < -0.39 is 22.5 Å². The molecule has 0 spiro atoms. The molecule has 1 aromatic carbocycles. The second kappa shape index (κ2) is 4.15. The fraction of sp³-hybridized carbons (Fsp3) is 0.333. The normalized spacial score (nSPS) is 12.5. The van der Waals surface area contributed by atoms with Crippen molar-refractivity contribution in [2.45, 2.75) is 19.4 Å². The number of hydrogen-bond donors (Lipinski definition) is 1. The molecule has 76 valence electrons. The molecule has 0 aliphatic rings. The fourth-order valence-corrected chi connectivity index (χ4v) is 1.17. The van der Waals surface area contributed by atoms with Gasteiger partial charge in [-0.15, -0.1) is 0 Å². The van der Waals surface area contributed by atoms with Gasteiger partial charge in [-0.2, -0.15) is 4.39 Å². The van der Waals surface area contributed by atoms with Gasteiger partial charge in [-0.25, -0.2) is 0 Å². The van der Waals surface area contributed by atoms with Gasteiger partial charge in [0, 0.05) is 6.07 Å². The summed E-state index contributed by atoms with van der Waals surface area (Å²) >= 11 is 0. The molecule has 0 unspecified atom stereocenters. The maximum absolute atomic E-state index is 12.9. The van der Waals surface area contributed by atoms with Crippen LogP contribution in [0.1, 0.15) is 12.5 Å². The number of nitrogens with zero attached hydrogens (tertiary/aromatic N) is 1. The summed E-state index contributed by atoms with van der Waals surface area (Å²) in [5.41, 5.74) is -0.00347. The molecule has 0 aliphatic heterocycles. The molecule has 0 aliphatic carbocycles. The van der Waals surface area contributed by atoms with E-state index in [4.69, 9.17) is 5.11 Å². The Morgan fingerprint density at radius 2 is 2.29 bits per heavy atom. The standard InChI is InChI=1S/C9H10FNO3/c1-6(12)4-7-2-3-8(10)9(5-7)11(13)14/h2-3,5-6,12H,4H2,1H3/t6-/m0/s1. The smallest absolute Gasteiger partial charge is 0.305 e. The Kier molecular flexibility index (Phi) is 3.14. The molecule has 1 atom stereocenters. The zero-order chi connectivity index (χ0) is 10.7. The first-order valence-corrected chi connectivity index (χ1v) is 4.11. The van der Waals surface area contributed by atoms with Crippen molar-refractivity contribution in [3.63, 3.8) is 0 Å².